The molecule has 24 heavy (non-hydrogen) atoms. The number of hydrogen-bond donors (Lipinski definition) is 2. The third-order valence-electron chi connectivity index (χ3n) is 3.63. The van der Waals surface area contributed by atoms with E-state index < -0.39 is 0 Å². The number of fused-ring (bicyclic) bond motifs is 1. The number of nitrogens with zero attached hydrogens (tertiary/aromatic N) is 3. The van der Waals surface area contributed by atoms with E-state index in [0.717, 1.165) is 11.3 Å². The van der Waals surface area contributed by atoms with Gasteiger partial charge < -0.3 is 10.6 Å². The molecule has 0 saturated heterocycles. The van der Waals surface area contributed by atoms with Crippen LogP contribution in [-0.2, 0) is 6.54 Å². The van der Waals surface area contributed by atoms with Crippen LogP contribution in [0.15, 0.2) is 53.5 Å². The third-order valence-corrected chi connectivity index (χ3v) is 3.63. The first-order valence-corrected chi connectivity index (χ1v) is 7.79. The zero-order valence-corrected chi connectivity index (χ0v) is 13.4. The molecule has 0 fully saturated rings. The molecule has 2 N–H and O–H groups in total. The maximum absolute atomic E-state index is 12.1. The number of carbonyl (C=O) groups is 1. The summed E-state index contributed by atoms with van der Waals surface area (Å²) in [6, 6.07) is 12.7. The van der Waals surface area contributed by atoms with Crippen molar-refractivity contribution in [1.29, 1.82) is 0 Å². The Labute approximate surface area is 138 Å². The average Bonchev–Trinajstić information content (AvgIpc) is 2.90. The Hall–Kier alpha value is -3.09. The van der Waals surface area contributed by atoms with Crippen molar-refractivity contribution in [3.63, 3.8) is 0 Å². The van der Waals surface area contributed by atoms with Crippen molar-refractivity contribution >= 4 is 17.4 Å². The standard InChI is InChI=1S/C17H19N5O2/c1-13-6-8-14(9-7-13)19-16(23)18-10-4-12-22-17(24)21-11-3-2-5-15(21)20-22/h2-3,5-9,11H,4,10,12H2,1H3,(H2,18,19,23). The molecule has 0 bridgehead atoms. The monoisotopic (exact) mass is 325 g/mol. The van der Waals surface area contributed by atoms with E-state index in [1.807, 2.05) is 37.3 Å². The highest BCUT2D eigenvalue weighted by atomic mass is 16.2. The summed E-state index contributed by atoms with van der Waals surface area (Å²) in [6.45, 7) is 2.90. The Morgan fingerprint density at radius 2 is 1.96 bits per heavy atom. The predicted octanol–water partition coefficient (Wildman–Crippen LogP) is 2.02. The van der Waals surface area contributed by atoms with Crippen LogP contribution in [0.5, 0.6) is 0 Å². The molecule has 3 rings (SSSR count). The van der Waals surface area contributed by atoms with E-state index in [9.17, 15) is 9.59 Å². The number of amides is 2. The van der Waals surface area contributed by atoms with Gasteiger partial charge in [0.2, 0.25) is 0 Å². The topological polar surface area (TPSA) is 80.4 Å². The van der Waals surface area contributed by atoms with Crippen LogP contribution in [0.25, 0.3) is 5.65 Å². The second-order valence-electron chi connectivity index (χ2n) is 5.54. The lowest BCUT2D eigenvalue weighted by molar-refractivity contribution is 0.251. The number of hydrogen-bond acceptors (Lipinski definition) is 3. The zero-order valence-electron chi connectivity index (χ0n) is 13.4. The Balaban J connectivity index is 1.47. The molecule has 7 nitrogen and oxygen atoms in total. The normalized spacial score (nSPS) is 10.7. The Bertz CT molecular complexity index is 895. The van der Waals surface area contributed by atoms with E-state index in [2.05, 4.69) is 15.7 Å². The molecule has 7 heteroatoms. The number of carbonyl (C=O) groups excluding carboxylic acids is 1. The maximum atomic E-state index is 12.1. The van der Waals surface area contributed by atoms with E-state index in [1.54, 1.807) is 18.3 Å². The lowest BCUT2D eigenvalue weighted by Crippen LogP contribution is -2.31. The number of benzene rings is 1. The molecule has 0 saturated carbocycles. The highest BCUT2D eigenvalue weighted by Crippen LogP contribution is 2.07. The smallest absolute Gasteiger partial charge is 0.338 e. The van der Waals surface area contributed by atoms with Gasteiger partial charge in [-0.2, -0.15) is 0 Å². The molecule has 0 radical (unpaired) electrons. The molecule has 0 aliphatic rings. The van der Waals surface area contributed by atoms with Gasteiger partial charge in [-0.15, -0.1) is 5.10 Å². The summed E-state index contributed by atoms with van der Waals surface area (Å²) in [5.41, 5.74) is 2.33. The number of urea groups is 1. The number of aryl methyl sites for hydroxylation is 2. The van der Waals surface area contributed by atoms with Gasteiger partial charge in [0, 0.05) is 25.0 Å². The van der Waals surface area contributed by atoms with Crippen LogP contribution in [-0.4, -0.2) is 26.8 Å². The molecule has 3 aromatic rings. The molecule has 0 aliphatic heterocycles. The van der Waals surface area contributed by atoms with Crippen LogP contribution in [0.2, 0.25) is 0 Å². The van der Waals surface area contributed by atoms with Crippen molar-refractivity contribution < 1.29 is 4.79 Å². The Morgan fingerprint density at radius 3 is 2.71 bits per heavy atom. The van der Waals surface area contributed by atoms with Crippen molar-refractivity contribution in [2.45, 2.75) is 19.9 Å². The van der Waals surface area contributed by atoms with Crippen LogP contribution in [0.3, 0.4) is 0 Å². The molecule has 0 atom stereocenters. The van der Waals surface area contributed by atoms with Crippen molar-refractivity contribution in [2.24, 2.45) is 0 Å². The molecule has 124 valence electrons. The number of aromatic nitrogens is 3. The van der Waals surface area contributed by atoms with E-state index in [1.165, 1.54) is 9.08 Å². The first-order valence-electron chi connectivity index (χ1n) is 7.79. The summed E-state index contributed by atoms with van der Waals surface area (Å²) in [5.74, 6) is 0. The fraction of sp³-hybridized carbons (Fsp3) is 0.235. The van der Waals surface area contributed by atoms with Gasteiger partial charge in [-0.3, -0.25) is 4.40 Å². The number of anilines is 1. The molecule has 2 heterocycles. The molecular weight excluding hydrogens is 306 g/mol. The summed E-state index contributed by atoms with van der Waals surface area (Å²) in [5, 5.41) is 9.78. The highest BCUT2D eigenvalue weighted by Gasteiger charge is 2.06. The number of nitrogens with one attached hydrogen (secondary N) is 2. The van der Waals surface area contributed by atoms with Crippen LogP contribution < -0.4 is 16.3 Å². The number of pyridine rings is 1. The maximum Gasteiger partial charge on any atom is 0.350 e. The minimum Gasteiger partial charge on any atom is -0.338 e. The SMILES string of the molecule is Cc1ccc(NC(=O)NCCCn2nc3ccccn3c2=O)cc1. The second-order valence-corrected chi connectivity index (χ2v) is 5.54. The molecular formula is C17H19N5O2. The lowest BCUT2D eigenvalue weighted by Gasteiger charge is -2.07. The summed E-state index contributed by atoms with van der Waals surface area (Å²) < 4.78 is 2.91. The zero-order chi connectivity index (χ0) is 16.9. The van der Waals surface area contributed by atoms with Gasteiger partial charge in [0.1, 0.15) is 0 Å². The molecule has 2 aromatic heterocycles. The van der Waals surface area contributed by atoms with Crippen molar-refractivity contribution in [3.05, 3.63) is 64.7 Å². The van der Waals surface area contributed by atoms with Crippen molar-refractivity contribution in [3.8, 4) is 0 Å². The van der Waals surface area contributed by atoms with Gasteiger partial charge in [-0.25, -0.2) is 14.3 Å². The van der Waals surface area contributed by atoms with Crippen LogP contribution in [0, 0.1) is 6.92 Å². The summed E-state index contributed by atoms with van der Waals surface area (Å²) in [4.78, 5) is 23.9. The molecule has 0 aliphatic carbocycles. The van der Waals surface area contributed by atoms with Gasteiger partial charge in [-0.05, 0) is 37.6 Å². The summed E-state index contributed by atoms with van der Waals surface area (Å²) in [7, 11) is 0. The van der Waals surface area contributed by atoms with E-state index >= 15 is 0 Å². The van der Waals surface area contributed by atoms with Gasteiger partial charge in [-0.1, -0.05) is 23.8 Å². The lowest BCUT2D eigenvalue weighted by atomic mass is 10.2. The van der Waals surface area contributed by atoms with E-state index in [4.69, 9.17) is 0 Å². The molecule has 2 amide bonds. The van der Waals surface area contributed by atoms with E-state index in [0.29, 0.717) is 25.2 Å². The largest absolute Gasteiger partial charge is 0.350 e. The average molecular weight is 325 g/mol. The minimum atomic E-state index is -0.263. The van der Waals surface area contributed by atoms with Crippen LogP contribution in [0.1, 0.15) is 12.0 Å². The fourth-order valence-corrected chi connectivity index (χ4v) is 2.36. The Morgan fingerprint density at radius 1 is 1.17 bits per heavy atom. The summed E-state index contributed by atoms with van der Waals surface area (Å²) >= 11 is 0. The summed E-state index contributed by atoms with van der Waals surface area (Å²) in [6.07, 6.45) is 2.31. The quantitative estimate of drug-likeness (QED) is 0.704. The molecule has 0 spiro atoms. The van der Waals surface area contributed by atoms with Gasteiger partial charge in [0.15, 0.2) is 5.65 Å². The van der Waals surface area contributed by atoms with Gasteiger partial charge in [0.25, 0.3) is 0 Å². The van der Waals surface area contributed by atoms with Gasteiger partial charge in [0.05, 0.1) is 0 Å². The Kier molecular flexibility index (Phi) is 4.60. The van der Waals surface area contributed by atoms with Gasteiger partial charge >= 0.3 is 11.7 Å². The molecule has 0 unspecified atom stereocenters. The minimum absolute atomic E-state index is 0.172. The van der Waals surface area contributed by atoms with E-state index in [-0.39, 0.29) is 11.7 Å². The first-order chi connectivity index (χ1) is 11.6. The van der Waals surface area contributed by atoms with Crippen molar-refractivity contribution in [1.82, 2.24) is 19.5 Å². The van der Waals surface area contributed by atoms with Crippen LogP contribution in [0.4, 0.5) is 10.5 Å². The first kappa shape index (κ1) is 15.8. The second kappa shape index (κ2) is 6.99. The number of rotatable bonds is 5. The molecule has 1 aromatic carbocycles. The fourth-order valence-electron chi connectivity index (χ4n) is 2.36. The predicted molar refractivity (Wildman–Crippen MR) is 92.3 cm³/mol. The third kappa shape index (κ3) is 3.62. The highest BCUT2D eigenvalue weighted by molar-refractivity contribution is 5.89. The van der Waals surface area contributed by atoms with Crippen molar-refractivity contribution in [2.75, 3.05) is 11.9 Å². The van der Waals surface area contributed by atoms with Crippen LogP contribution >= 0.6 is 0 Å².